The summed E-state index contributed by atoms with van der Waals surface area (Å²) in [7, 11) is 3.92. The van der Waals surface area contributed by atoms with Gasteiger partial charge in [0, 0.05) is 36.1 Å². The second-order valence-electron chi connectivity index (χ2n) is 2.73. The third-order valence-electron chi connectivity index (χ3n) is 1.65. The van der Waals surface area contributed by atoms with Gasteiger partial charge in [0.05, 0.1) is 0 Å². The van der Waals surface area contributed by atoms with Crippen LogP contribution in [-0.4, -0.2) is 37.2 Å². The number of anilines is 1. The van der Waals surface area contributed by atoms with Crippen molar-refractivity contribution in [2.24, 2.45) is 0 Å². The SMILES string of the molecule is CNCCN(C)c1ncc(I)cn1. The molecule has 0 atom stereocenters. The summed E-state index contributed by atoms with van der Waals surface area (Å²) < 4.78 is 1.06. The van der Waals surface area contributed by atoms with Crippen LogP contribution < -0.4 is 10.2 Å². The van der Waals surface area contributed by atoms with E-state index < -0.39 is 0 Å². The van der Waals surface area contributed by atoms with Crippen LogP contribution in [0.5, 0.6) is 0 Å². The van der Waals surface area contributed by atoms with Gasteiger partial charge in [-0.1, -0.05) is 0 Å². The molecule has 1 heterocycles. The minimum atomic E-state index is 0.774. The van der Waals surface area contributed by atoms with Gasteiger partial charge in [-0.3, -0.25) is 0 Å². The number of nitrogens with one attached hydrogen (secondary N) is 1. The first kappa shape index (κ1) is 10.6. The predicted octanol–water partition coefficient (Wildman–Crippen LogP) is 0.737. The fourth-order valence-electron chi connectivity index (χ4n) is 0.882. The highest BCUT2D eigenvalue weighted by molar-refractivity contribution is 14.1. The van der Waals surface area contributed by atoms with Crippen molar-refractivity contribution in [3.8, 4) is 0 Å². The fraction of sp³-hybridized carbons (Fsp3) is 0.500. The topological polar surface area (TPSA) is 41.0 Å². The van der Waals surface area contributed by atoms with Crippen LogP contribution in [0.4, 0.5) is 5.95 Å². The zero-order valence-corrected chi connectivity index (χ0v) is 9.95. The number of likely N-dealkylation sites (N-methyl/N-ethyl adjacent to an activating group) is 2. The first-order valence-electron chi connectivity index (χ1n) is 4.07. The summed E-state index contributed by atoms with van der Waals surface area (Å²) in [5.41, 5.74) is 0. The Hall–Kier alpha value is -0.430. The van der Waals surface area contributed by atoms with Crippen LogP contribution in [0.25, 0.3) is 0 Å². The van der Waals surface area contributed by atoms with Crippen molar-refractivity contribution in [2.45, 2.75) is 0 Å². The number of hydrogen-bond donors (Lipinski definition) is 1. The Kier molecular flexibility index (Phi) is 4.37. The minimum Gasteiger partial charge on any atom is -0.343 e. The van der Waals surface area contributed by atoms with E-state index in [2.05, 4.69) is 37.9 Å². The lowest BCUT2D eigenvalue weighted by Crippen LogP contribution is -2.28. The van der Waals surface area contributed by atoms with E-state index in [1.54, 1.807) is 0 Å². The van der Waals surface area contributed by atoms with Crippen molar-refractivity contribution < 1.29 is 0 Å². The Morgan fingerprint density at radius 2 is 2.08 bits per heavy atom. The third kappa shape index (κ3) is 3.43. The van der Waals surface area contributed by atoms with Crippen LogP contribution in [0.3, 0.4) is 0 Å². The fourth-order valence-corrected chi connectivity index (χ4v) is 1.16. The average Bonchev–Trinajstić information content (AvgIpc) is 2.15. The quantitative estimate of drug-likeness (QED) is 0.831. The molecule has 0 saturated carbocycles. The molecule has 0 fully saturated rings. The number of rotatable bonds is 4. The van der Waals surface area contributed by atoms with Gasteiger partial charge in [0.15, 0.2) is 0 Å². The molecule has 72 valence electrons. The summed E-state index contributed by atoms with van der Waals surface area (Å²) in [6.45, 7) is 1.85. The summed E-state index contributed by atoms with van der Waals surface area (Å²) in [6.07, 6.45) is 3.64. The van der Waals surface area contributed by atoms with Crippen LogP contribution in [0.1, 0.15) is 0 Å². The van der Waals surface area contributed by atoms with Crippen molar-refractivity contribution in [1.82, 2.24) is 15.3 Å². The predicted molar refractivity (Wildman–Crippen MR) is 61.9 cm³/mol. The second kappa shape index (κ2) is 5.33. The molecule has 0 amide bonds. The average molecular weight is 292 g/mol. The Bertz CT molecular complexity index is 249. The summed E-state index contributed by atoms with van der Waals surface area (Å²) in [5.74, 6) is 0.774. The van der Waals surface area contributed by atoms with Gasteiger partial charge in [-0.15, -0.1) is 0 Å². The van der Waals surface area contributed by atoms with Gasteiger partial charge in [0.1, 0.15) is 0 Å². The maximum absolute atomic E-state index is 4.21. The molecule has 0 aliphatic heterocycles. The molecule has 1 N–H and O–H groups in total. The molecule has 13 heavy (non-hydrogen) atoms. The van der Waals surface area contributed by atoms with E-state index in [4.69, 9.17) is 0 Å². The van der Waals surface area contributed by atoms with E-state index in [-0.39, 0.29) is 0 Å². The first-order valence-corrected chi connectivity index (χ1v) is 5.15. The van der Waals surface area contributed by atoms with E-state index in [0.717, 1.165) is 22.6 Å². The van der Waals surface area contributed by atoms with Crippen molar-refractivity contribution in [3.05, 3.63) is 16.0 Å². The monoisotopic (exact) mass is 292 g/mol. The number of nitrogens with zero attached hydrogens (tertiary/aromatic N) is 3. The van der Waals surface area contributed by atoms with Crippen molar-refractivity contribution >= 4 is 28.5 Å². The van der Waals surface area contributed by atoms with Gasteiger partial charge >= 0.3 is 0 Å². The number of aromatic nitrogens is 2. The zero-order valence-electron chi connectivity index (χ0n) is 7.79. The van der Waals surface area contributed by atoms with Crippen molar-refractivity contribution in [1.29, 1.82) is 0 Å². The smallest absolute Gasteiger partial charge is 0.225 e. The molecule has 0 unspecified atom stereocenters. The summed E-state index contributed by atoms with van der Waals surface area (Å²) in [5, 5.41) is 3.08. The van der Waals surface area contributed by atoms with Gasteiger partial charge in [-0.05, 0) is 29.6 Å². The molecule has 0 aromatic carbocycles. The molecule has 0 spiro atoms. The lowest BCUT2D eigenvalue weighted by Gasteiger charge is -2.15. The molecule has 0 saturated heterocycles. The molecule has 1 rings (SSSR count). The lowest BCUT2D eigenvalue weighted by molar-refractivity contribution is 0.752. The Balaban J connectivity index is 2.55. The highest BCUT2D eigenvalue weighted by Crippen LogP contribution is 2.05. The Morgan fingerprint density at radius 1 is 1.46 bits per heavy atom. The third-order valence-corrected chi connectivity index (χ3v) is 2.20. The van der Waals surface area contributed by atoms with Crippen LogP contribution in [0.2, 0.25) is 0 Å². The van der Waals surface area contributed by atoms with Gasteiger partial charge < -0.3 is 10.2 Å². The zero-order chi connectivity index (χ0) is 9.68. The van der Waals surface area contributed by atoms with Crippen molar-refractivity contribution in [3.63, 3.8) is 0 Å². The van der Waals surface area contributed by atoms with Gasteiger partial charge in [-0.2, -0.15) is 0 Å². The molecule has 0 radical (unpaired) electrons. The maximum atomic E-state index is 4.21. The molecule has 1 aromatic heterocycles. The largest absolute Gasteiger partial charge is 0.343 e. The molecule has 4 nitrogen and oxygen atoms in total. The standard InChI is InChI=1S/C8H13IN4/c1-10-3-4-13(2)8-11-5-7(9)6-12-8/h5-6,10H,3-4H2,1-2H3. The Labute approximate surface area is 91.9 Å². The van der Waals surface area contributed by atoms with E-state index in [9.17, 15) is 0 Å². The summed E-state index contributed by atoms with van der Waals surface area (Å²) >= 11 is 2.19. The van der Waals surface area contributed by atoms with Crippen LogP contribution in [-0.2, 0) is 0 Å². The summed E-state index contributed by atoms with van der Waals surface area (Å²) in [4.78, 5) is 10.4. The normalized spacial score (nSPS) is 10.1. The molecular formula is C8H13IN4. The van der Waals surface area contributed by atoms with Crippen LogP contribution in [0, 0.1) is 3.57 Å². The van der Waals surface area contributed by atoms with Gasteiger partial charge in [0.2, 0.25) is 5.95 Å². The van der Waals surface area contributed by atoms with Crippen LogP contribution in [0.15, 0.2) is 12.4 Å². The molecule has 1 aromatic rings. The molecule has 0 aliphatic rings. The minimum absolute atomic E-state index is 0.774. The molecule has 0 aliphatic carbocycles. The molecule has 5 heteroatoms. The van der Waals surface area contributed by atoms with Crippen molar-refractivity contribution in [2.75, 3.05) is 32.1 Å². The molecule has 0 bridgehead atoms. The van der Waals surface area contributed by atoms with Crippen LogP contribution >= 0.6 is 22.6 Å². The maximum Gasteiger partial charge on any atom is 0.225 e. The van der Waals surface area contributed by atoms with E-state index >= 15 is 0 Å². The van der Waals surface area contributed by atoms with E-state index in [1.807, 2.05) is 31.4 Å². The van der Waals surface area contributed by atoms with E-state index in [0.29, 0.717) is 0 Å². The van der Waals surface area contributed by atoms with Gasteiger partial charge in [-0.25, -0.2) is 9.97 Å². The molecular weight excluding hydrogens is 279 g/mol. The van der Waals surface area contributed by atoms with E-state index in [1.165, 1.54) is 0 Å². The number of halogens is 1. The second-order valence-corrected chi connectivity index (χ2v) is 3.97. The van der Waals surface area contributed by atoms with Gasteiger partial charge in [0.25, 0.3) is 0 Å². The highest BCUT2D eigenvalue weighted by atomic mass is 127. The highest BCUT2D eigenvalue weighted by Gasteiger charge is 2.01. The number of hydrogen-bond acceptors (Lipinski definition) is 4. The summed E-state index contributed by atoms with van der Waals surface area (Å²) in [6, 6.07) is 0. The Morgan fingerprint density at radius 3 is 2.62 bits per heavy atom. The first-order chi connectivity index (χ1) is 6.24. The lowest BCUT2D eigenvalue weighted by atomic mass is 10.5.